The van der Waals surface area contributed by atoms with E-state index in [2.05, 4.69) is 60.9 Å². The molecule has 0 unspecified atom stereocenters. The maximum Gasteiger partial charge on any atom is 0.111 e. The van der Waals surface area contributed by atoms with E-state index in [4.69, 9.17) is 0 Å². The Morgan fingerprint density at radius 3 is 1.68 bits per heavy atom. The van der Waals surface area contributed by atoms with Crippen LogP contribution in [-0.2, 0) is 13.1 Å². The number of nitrogens with zero attached hydrogens (tertiary/aromatic N) is 5. The molecule has 5 rings (SSSR count). The van der Waals surface area contributed by atoms with Gasteiger partial charge < -0.3 is 24.7 Å². The highest BCUT2D eigenvalue weighted by Crippen LogP contribution is 2.29. The van der Waals surface area contributed by atoms with Gasteiger partial charge in [-0.2, -0.15) is 0 Å². The molecular weight excluding hydrogens is 422 g/mol. The van der Waals surface area contributed by atoms with Gasteiger partial charge in [0.05, 0.1) is 0 Å². The van der Waals surface area contributed by atoms with Crippen LogP contribution in [-0.4, -0.2) is 69.3 Å². The summed E-state index contributed by atoms with van der Waals surface area (Å²) in [6.07, 6.45) is 18.3. The van der Waals surface area contributed by atoms with Crippen LogP contribution in [0.1, 0.15) is 88.7 Å². The van der Waals surface area contributed by atoms with E-state index < -0.39 is 0 Å². The van der Waals surface area contributed by atoms with Crippen molar-refractivity contribution in [2.24, 2.45) is 0 Å². The molecule has 5 heterocycles. The first-order valence-electron chi connectivity index (χ1n) is 14.0. The smallest absolute Gasteiger partial charge is 0.111 e. The number of rotatable bonds is 7. The molecule has 190 valence electrons. The lowest BCUT2D eigenvalue weighted by Gasteiger charge is -2.39. The molecule has 0 spiro atoms. The fourth-order valence-electron chi connectivity index (χ4n) is 6.00. The van der Waals surface area contributed by atoms with Crippen LogP contribution in [0, 0.1) is 0 Å². The van der Waals surface area contributed by atoms with Gasteiger partial charge in [0, 0.05) is 55.8 Å². The van der Waals surface area contributed by atoms with Gasteiger partial charge in [-0.3, -0.25) is 0 Å². The van der Waals surface area contributed by atoms with Crippen molar-refractivity contribution in [2.45, 2.75) is 96.2 Å². The van der Waals surface area contributed by atoms with Gasteiger partial charge in [0.2, 0.25) is 0 Å². The molecule has 2 N–H and O–H groups in total. The standard InChI is InChI=1S/C16H28N4.C11H19N3/c1-2-10-20-13-9-18-16(20)14-5-11-19(12-6-14)15-3-7-17-8-4-15;1-2-8-14-9-7-13-11(14)10-3-5-12-6-4-10/h9,13-15,17H,2-8,10-12H2,1H3;7,9-10,12H,2-6,8H2,1H3. The van der Waals surface area contributed by atoms with Gasteiger partial charge in [-0.25, -0.2) is 9.97 Å². The summed E-state index contributed by atoms with van der Waals surface area (Å²) in [5, 5.41) is 6.86. The van der Waals surface area contributed by atoms with Crippen molar-refractivity contribution in [1.82, 2.24) is 34.6 Å². The van der Waals surface area contributed by atoms with Gasteiger partial charge in [-0.1, -0.05) is 13.8 Å². The molecule has 0 aliphatic carbocycles. The van der Waals surface area contributed by atoms with Gasteiger partial charge in [-0.05, 0) is 90.6 Å². The van der Waals surface area contributed by atoms with E-state index in [1.165, 1.54) is 89.2 Å². The summed E-state index contributed by atoms with van der Waals surface area (Å²) in [5.41, 5.74) is 0. The predicted molar refractivity (Wildman–Crippen MR) is 139 cm³/mol. The van der Waals surface area contributed by atoms with Crippen LogP contribution in [0.25, 0.3) is 0 Å². The van der Waals surface area contributed by atoms with E-state index in [1.807, 2.05) is 12.4 Å². The largest absolute Gasteiger partial charge is 0.335 e. The van der Waals surface area contributed by atoms with E-state index in [0.717, 1.165) is 32.2 Å². The normalized spacial score (nSPS) is 21.4. The molecule has 0 aromatic carbocycles. The zero-order chi connectivity index (χ0) is 23.6. The van der Waals surface area contributed by atoms with Crippen molar-refractivity contribution < 1.29 is 0 Å². The molecular formula is C27H47N7. The highest BCUT2D eigenvalue weighted by molar-refractivity contribution is 5.03. The molecule has 0 saturated carbocycles. The van der Waals surface area contributed by atoms with Gasteiger partial charge in [0.25, 0.3) is 0 Å². The van der Waals surface area contributed by atoms with Crippen LogP contribution in [0.15, 0.2) is 24.8 Å². The third-order valence-electron chi connectivity index (χ3n) is 7.85. The Morgan fingerprint density at radius 1 is 0.706 bits per heavy atom. The molecule has 0 atom stereocenters. The molecule has 2 aromatic heterocycles. The Hall–Kier alpha value is -1.70. The van der Waals surface area contributed by atoms with Crippen molar-refractivity contribution >= 4 is 0 Å². The van der Waals surface area contributed by atoms with E-state index in [0.29, 0.717) is 11.8 Å². The summed E-state index contributed by atoms with van der Waals surface area (Å²) in [5.74, 6) is 3.98. The second-order valence-electron chi connectivity index (χ2n) is 10.3. The van der Waals surface area contributed by atoms with Crippen LogP contribution in [0.3, 0.4) is 0 Å². The first-order valence-corrected chi connectivity index (χ1v) is 14.0. The minimum atomic E-state index is 0.675. The number of piperidine rings is 3. The third-order valence-corrected chi connectivity index (χ3v) is 7.85. The van der Waals surface area contributed by atoms with Gasteiger partial charge in [-0.15, -0.1) is 0 Å². The molecule has 0 bridgehead atoms. The summed E-state index contributed by atoms with van der Waals surface area (Å²) < 4.78 is 4.68. The summed E-state index contributed by atoms with van der Waals surface area (Å²) in [4.78, 5) is 11.9. The number of aromatic nitrogens is 4. The fourth-order valence-corrected chi connectivity index (χ4v) is 6.00. The molecule has 0 amide bonds. The van der Waals surface area contributed by atoms with Crippen LogP contribution in [0.2, 0.25) is 0 Å². The number of nitrogens with one attached hydrogen (secondary N) is 2. The average molecular weight is 470 g/mol. The molecule has 3 saturated heterocycles. The first kappa shape index (κ1) is 25.4. The van der Waals surface area contributed by atoms with E-state index in [9.17, 15) is 0 Å². The van der Waals surface area contributed by atoms with Crippen molar-refractivity contribution in [1.29, 1.82) is 0 Å². The molecule has 7 nitrogen and oxygen atoms in total. The highest BCUT2D eigenvalue weighted by Gasteiger charge is 2.28. The summed E-state index contributed by atoms with van der Waals surface area (Å²) in [6, 6.07) is 0.826. The van der Waals surface area contributed by atoms with Crippen molar-refractivity contribution in [3.63, 3.8) is 0 Å². The lowest BCUT2D eigenvalue weighted by molar-refractivity contribution is 0.124. The minimum absolute atomic E-state index is 0.675. The third kappa shape index (κ3) is 6.70. The molecule has 3 aliphatic heterocycles. The molecule has 7 heteroatoms. The second kappa shape index (κ2) is 13.4. The SMILES string of the molecule is CCCn1ccnc1C1CCN(C2CCNCC2)CC1.CCCn1ccnc1C1CCNCC1. The zero-order valence-electron chi connectivity index (χ0n) is 21.6. The Kier molecular flexibility index (Phi) is 10.0. The number of hydrogen-bond donors (Lipinski definition) is 2. The second-order valence-corrected chi connectivity index (χ2v) is 10.3. The van der Waals surface area contributed by atoms with Crippen molar-refractivity contribution in [3.05, 3.63) is 36.4 Å². The summed E-state index contributed by atoms with van der Waals surface area (Å²) >= 11 is 0. The number of imidazole rings is 2. The molecule has 2 aromatic rings. The molecule has 34 heavy (non-hydrogen) atoms. The van der Waals surface area contributed by atoms with Crippen molar-refractivity contribution in [2.75, 3.05) is 39.3 Å². The van der Waals surface area contributed by atoms with Crippen LogP contribution in [0.5, 0.6) is 0 Å². The van der Waals surface area contributed by atoms with Gasteiger partial charge >= 0.3 is 0 Å². The lowest BCUT2D eigenvalue weighted by Crippen LogP contribution is -2.46. The fraction of sp³-hybridized carbons (Fsp3) is 0.778. The first-order chi connectivity index (χ1) is 16.8. The number of aryl methyl sites for hydroxylation is 2. The van der Waals surface area contributed by atoms with Crippen molar-refractivity contribution in [3.8, 4) is 0 Å². The topological polar surface area (TPSA) is 62.9 Å². The Bertz CT molecular complexity index is 809. The quantitative estimate of drug-likeness (QED) is 0.642. The van der Waals surface area contributed by atoms with Crippen LogP contribution >= 0.6 is 0 Å². The Balaban J connectivity index is 0.000000172. The van der Waals surface area contributed by atoms with Gasteiger partial charge in [0.1, 0.15) is 11.6 Å². The van der Waals surface area contributed by atoms with Gasteiger partial charge in [0.15, 0.2) is 0 Å². The summed E-state index contributed by atoms with van der Waals surface area (Å²) in [7, 11) is 0. The summed E-state index contributed by atoms with van der Waals surface area (Å²) in [6.45, 7) is 13.9. The lowest BCUT2D eigenvalue weighted by atomic mass is 9.93. The highest BCUT2D eigenvalue weighted by atomic mass is 15.2. The molecule has 3 fully saturated rings. The number of hydrogen-bond acceptors (Lipinski definition) is 5. The number of likely N-dealkylation sites (tertiary alicyclic amines) is 1. The zero-order valence-corrected chi connectivity index (χ0v) is 21.6. The maximum absolute atomic E-state index is 4.63. The Morgan fingerprint density at radius 2 is 1.18 bits per heavy atom. The van der Waals surface area contributed by atoms with E-state index in [1.54, 1.807) is 0 Å². The monoisotopic (exact) mass is 469 g/mol. The van der Waals surface area contributed by atoms with Crippen LogP contribution in [0.4, 0.5) is 0 Å². The van der Waals surface area contributed by atoms with E-state index >= 15 is 0 Å². The maximum atomic E-state index is 4.63. The molecule has 0 radical (unpaired) electrons. The molecule has 3 aliphatic rings. The van der Waals surface area contributed by atoms with E-state index in [-0.39, 0.29) is 0 Å². The predicted octanol–water partition coefficient (Wildman–Crippen LogP) is 3.98. The average Bonchev–Trinajstić information content (AvgIpc) is 3.56. The van der Waals surface area contributed by atoms with Crippen LogP contribution < -0.4 is 10.6 Å². The Labute approximate surface area is 206 Å². The minimum Gasteiger partial charge on any atom is -0.335 e.